The Balaban J connectivity index is 1.63. The van der Waals surface area contributed by atoms with E-state index in [9.17, 15) is 14.7 Å². The maximum Gasteiger partial charge on any atom is 0.311 e. The standard InChI is InChI=1S/C16H18ClNO5/c17-12-2-1-3-13(6-12)23-9-14(19)18-7-11-8-22-5-4-16(11,10-18)15(20)21/h1-3,6,11H,4-5,7-10H2,(H,20,21)/t11-,16+/m1/s1. The number of hydrogen-bond acceptors (Lipinski definition) is 4. The van der Waals surface area contributed by atoms with Crippen LogP contribution in [0, 0.1) is 11.3 Å². The van der Waals surface area contributed by atoms with Crippen LogP contribution in [-0.2, 0) is 14.3 Å². The van der Waals surface area contributed by atoms with Gasteiger partial charge < -0.3 is 19.5 Å². The molecule has 0 saturated carbocycles. The van der Waals surface area contributed by atoms with Gasteiger partial charge in [0.15, 0.2) is 6.61 Å². The van der Waals surface area contributed by atoms with E-state index >= 15 is 0 Å². The van der Waals surface area contributed by atoms with Gasteiger partial charge in [0.25, 0.3) is 5.91 Å². The average molecular weight is 340 g/mol. The summed E-state index contributed by atoms with van der Waals surface area (Å²) in [4.78, 5) is 25.6. The summed E-state index contributed by atoms with van der Waals surface area (Å²) in [5.41, 5.74) is -0.885. The Bertz CT molecular complexity index is 622. The molecule has 2 aliphatic heterocycles. The first-order valence-corrected chi connectivity index (χ1v) is 7.86. The van der Waals surface area contributed by atoms with E-state index < -0.39 is 11.4 Å². The van der Waals surface area contributed by atoms with Crippen molar-refractivity contribution in [2.45, 2.75) is 6.42 Å². The smallest absolute Gasteiger partial charge is 0.311 e. The number of carbonyl (C=O) groups excluding carboxylic acids is 1. The summed E-state index contributed by atoms with van der Waals surface area (Å²) < 4.78 is 10.8. The molecule has 1 amide bonds. The summed E-state index contributed by atoms with van der Waals surface area (Å²) in [6, 6.07) is 6.81. The molecule has 0 aromatic heterocycles. The highest BCUT2D eigenvalue weighted by Gasteiger charge is 2.54. The third-order valence-corrected chi connectivity index (χ3v) is 4.88. The van der Waals surface area contributed by atoms with Crippen molar-refractivity contribution in [2.75, 3.05) is 32.9 Å². The number of fused-ring (bicyclic) bond motifs is 1. The summed E-state index contributed by atoms with van der Waals surface area (Å²) in [5.74, 6) is -0.723. The van der Waals surface area contributed by atoms with Crippen molar-refractivity contribution in [2.24, 2.45) is 11.3 Å². The molecule has 0 radical (unpaired) electrons. The SMILES string of the molecule is O=C(COc1cccc(Cl)c1)N1C[C@@H]2COCC[C@]2(C(=O)O)C1. The molecule has 6 nitrogen and oxygen atoms in total. The number of ether oxygens (including phenoxy) is 2. The van der Waals surface area contributed by atoms with E-state index in [1.807, 2.05) is 0 Å². The van der Waals surface area contributed by atoms with Gasteiger partial charge in [0.05, 0.1) is 12.0 Å². The van der Waals surface area contributed by atoms with Crippen LogP contribution in [0.5, 0.6) is 5.75 Å². The van der Waals surface area contributed by atoms with Gasteiger partial charge in [-0.1, -0.05) is 17.7 Å². The number of nitrogens with zero attached hydrogens (tertiary/aromatic N) is 1. The highest BCUT2D eigenvalue weighted by molar-refractivity contribution is 6.30. The Kier molecular flexibility index (Phi) is 4.46. The normalized spacial score (nSPS) is 26.7. The molecule has 3 rings (SSSR count). The second kappa shape index (κ2) is 6.37. The molecule has 1 N–H and O–H groups in total. The zero-order valence-electron chi connectivity index (χ0n) is 12.5. The number of carbonyl (C=O) groups is 2. The topological polar surface area (TPSA) is 76.1 Å². The quantitative estimate of drug-likeness (QED) is 0.903. The number of likely N-dealkylation sites (tertiary alicyclic amines) is 1. The molecule has 2 saturated heterocycles. The van der Waals surface area contributed by atoms with E-state index in [0.717, 1.165) is 0 Å². The molecule has 2 aliphatic rings. The minimum absolute atomic E-state index is 0.135. The highest BCUT2D eigenvalue weighted by Crippen LogP contribution is 2.42. The first kappa shape index (κ1) is 16.1. The fourth-order valence-corrected chi connectivity index (χ4v) is 3.46. The predicted octanol–water partition coefficient (Wildman–Crippen LogP) is 1.67. The van der Waals surface area contributed by atoms with Crippen LogP contribution in [0.3, 0.4) is 0 Å². The number of benzene rings is 1. The summed E-state index contributed by atoms with van der Waals surface area (Å²) in [7, 11) is 0. The molecular formula is C16H18ClNO5. The van der Waals surface area contributed by atoms with Crippen molar-refractivity contribution < 1.29 is 24.2 Å². The van der Waals surface area contributed by atoms with Gasteiger partial charge in [0.1, 0.15) is 5.75 Å². The van der Waals surface area contributed by atoms with Crippen LogP contribution >= 0.6 is 11.6 Å². The van der Waals surface area contributed by atoms with E-state index in [1.54, 1.807) is 29.2 Å². The lowest BCUT2D eigenvalue weighted by Crippen LogP contribution is -2.45. The number of halogens is 1. The van der Waals surface area contributed by atoms with E-state index in [4.69, 9.17) is 21.1 Å². The van der Waals surface area contributed by atoms with E-state index in [2.05, 4.69) is 0 Å². The highest BCUT2D eigenvalue weighted by atomic mass is 35.5. The molecule has 0 unspecified atom stereocenters. The van der Waals surface area contributed by atoms with Crippen LogP contribution < -0.4 is 4.74 Å². The van der Waals surface area contributed by atoms with Gasteiger partial charge in [-0.05, 0) is 24.6 Å². The summed E-state index contributed by atoms with van der Waals surface area (Å²) in [6.07, 6.45) is 0.436. The van der Waals surface area contributed by atoms with Crippen molar-refractivity contribution in [3.63, 3.8) is 0 Å². The zero-order chi connectivity index (χ0) is 16.4. The number of rotatable bonds is 4. The van der Waals surface area contributed by atoms with Gasteiger partial charge in [-0.2, -0.15) is 0 Å². The molecule has 2 atom stereocenters. The molecule has 2 fully saturated rings. The van der Waals surface area contributed by atoms with Crippen LogP contribution in [0.1, 0.15) is 6.42 Å². The Morgan fingerprint density at radius 2 is 2.30 bits per heavy atom. The van der Waals surface area contributed by atoms with E-state index in [1.165, 1.54) is 0 Å². The Labute approximate surface area is 138 Å². The molecular weight excluding hydrogens is 322 g/mol. The fraction of sp³-hybridized carbons (Fsp3) is 0.500. The van der Waals surface area contributed by atoms with E-state index in [0.29, 0.717) is 37.0 Å². The lowest BCUT2D eigenvalue weighted by atomic mass is 9.74. The second-order valence-electron chi connectivity index (χ2n) is 6.00. The number of aliphatic carboxylic acids is 1. The van der Waals surface area contributed by atoms with Crippen molar-refractivity contribution in [1.82, 2.24) is 4.90 Å². The average Bonchev–Trinajstić information content (AvgIpc) is 2.94. The van der Waals surface area contributed by atoms with Crippen molar-refractivity contribution in [3.8, 4) is 5.75 Å². The van der Waals surface area contributed by atoms with E-state index in [-0.39, 0.29) is 25.0 Å². The maximum absolute atomic E-state index is 12.3. The first-order valence-electron chi connectivity index (χ1n) is 7.48. The maximum atomic E-state index is 12.3. The molecule has 1 aromatic carbocycles. The van der Waals surface area contributed by atoms with Gasteiger partial charge >= 0.3 is 5.97 Å². The van der Waals surface area contributed by atoms with Gasteiger partial charge in [-0.15, -0.1) is 0 Å². The Hall–Kier alpha value is -1.79. The van der Waals surface area contributed by atoms with Crippen molar-refractivity contribution in [1.29, 1.82) is 0 Å². The summed E-state index contributed by atoms with van der Waals surface area (Å²) in [5, 5.41) is 10.1. The van der Waals surface area contributed by atoms with Gasteiger partial charge in [0.2, 0.25) is 0 Å². The molecule has 0 aliphatic carbocycles. The first-order chi connectivity index (χ1) is 11.0. The van der Waals surface area contributed by atoms with Crippen LogP contribution in [-0.4, -0.2) is 54.8 Å². The second-order valence-corrected chi connectivity index (χ2v) is 6.44. The van der Waals surface area contributed by atoms with Crippen LogP contribution in [0.15, 0.2) is 24.3 Å². The van der Waals surface area contributed by atoms with Crippen molar-refractivity contribution >= 4 is 23.5 Å². The van der Waals surface area contributed by atoms with Crippen LogP contribution in [0.2, 0.25) is 5.02 Å². The zero-order valence-corrected chi connectivity index (χ0v) is 13.3. The number of carboxylic acids is 1. The fourth-order valence-electron chi connectivity index (χ4n) is 3.28. The molecule has 1 aromatic rings. The lowest BCUT2D eigenvalue weighted by molar-refractivity contribution is -0.157. The number of amides is 1. The Morgan fingerprint density at radius 3 is 3.00 bits per heavy atom. The molecule has 2 heterocycles. The monoisotopic (exact) mass is 339 g/mol. The largest absolute Gasteiger partial charge is 0.484 e. The molecule has 0 spiro atoms. The number of hydrogen-bond donors (Lipinski definition) is 1. The number of carboxylic acid groups (broad SMARTS) is 1. The predicted molar refractivity (Wildman–Crippen MR) is 82.5 cm³/mol. The summed E-state index contributed by atoms with van der Waals surface area (Å²) in [6.45, 7) is 1.27. The molecule has 23 heavy (non-hydrogen) atoms. The summed E-state index contributed by atoms with van der Waals surface area (Å²) >= 11 is 5.87. The van der Waals surface area contributed by atoms with Gasteiger partial charge in [-0.25, -0.2) is 0 Å². The van der Waals surface area contributed by atoms with Crippen LogP contribution in [0.25, 0.3) is 0 Å². The molecule has 7 heteroatoms. The molecule has 124 valence electrons. The minimum Gasteiger partial charge on any atom is -0.484 e. The molecule has 0 bridgehead atoms. The Morgan fingerprint density at radius 1 is 1.48 bits per heavy atom. The minimum atomic E-state index is -0.885. The lowest BCUT2D eigenvalue weighted by Gasteiger charge is -2.33. The van der Waals surface area contributed by atoms with Crippen LogP contribution in [0.4, 0.5) is 0 Å². The van der Waals surface area contributed by atoms with Gasteiger partial charge in [0, 0.05) is 30.6 Å². The third-order valence-electron chi connectivity index (χ3n) is 4.64. The van der Waals surface area contributed by atoms with Crippen molar-refractivity contribution in [3.05, 3.63) is 29.3 Å². The van der Waals surface area contributed by atoms with Gasteiger partial charge in [-0.3, -0.25) is 9.59 Å². The third kappa shape index (κ3) is 3.14.